The third kappa shape index (κ3) is 4.39. The number of hydrogen-bond acceptors (Lipinski definition) is 5. The summed E-state index contributed by atoms with van der Waals surface area (Å²) >= 11 is 1.04. The molecule has 0 aliphatic heterocycles. The Bertz CT molecular complexity index is 976. The van der Waals surface area contributed by atoms with Gasteiger partial charge in [0.1, 0.15) is 5.75 Å². The molecule has 1 aromatic carbocycles. The highest BCUT2D eigenvalue weighted by molar-refractivity contribution is 7.09. The van der Waals surface area contributed by atoms with E-state index in [1.54, 1.807) is 0 Å². The Kier molecular flexibility index (Phi) is 5.25. The van der Waals surface area contributed by atoms with Crippen LogP contribution < -0.4 is 9.61 Å². The third-order valence-corrected chi connectivity index (χ3v) is 5.72. The SMILES string of the molecule is O=c1[nH]c(O)c(Cc2ccc(OCCc3ccc4c(n3)CCCC4)cc2)s1. The number of benzene rings is 1. The van der Waals surface area contributed by atoms with Gasteiger partial charge in [-0.3, -0.25) is 14.8 Å². The first-order chi connectivity index (χ1) is 13.2. The number of aryl methyl sites for hydroxylation is 2. The fourth-order valence-corrected chi connectivity index (χ4v) is 4.16. The molecule has 2 N–H and O–H groups in total. The van der Waals surface area contributed by atoms with E-state index in [9.17, 15) is 9.90 Å². The van der Waals surface area contributed by atoms with Gasteiger partial charge in [-0.1, -0.05) is 29.5 Å². The predicted octanol–water partition coefficient (Wildman–Crippen LogP) is 3.63. The van der Waals surface area contributed by atoms with Crippen LogP contribution in [0.25, 0.3) is 0 Å². The number of hydrogen-bond donors (Lipinski definition) is 2. The molecule has 27 heavy (non-hydrogen) atoms. The lowest BCUT2D eigenvalue weighted by Gasteiger charge is -2.15. The van der Waals surface area contributed by atoms with E-state index in [-0.39, 0.29) is 10.8 Å². The molecular formula is C21H22N2O3S. The highest BCUT2D eigenvalue weighted by Gasteiger charge is 2.11. The smallest absolute Gasteiger partial charge is 0.307 e. The summed E-state index contributed by atoms with van der Waals surface area (Å²) in [4.78, 5) is 18.8. The van der Waals surface area contributed by atoms with Crippen molar-refractivity contribution in [2.24, 2.45) is 0 Å². The van der Waals surface area contributed by atoms with Crippen LogP contribution in [0.15, 0.2) is 41.2 Å². The van der Waals surface area contributed by atoms with Crippen LogP contribution in [0.5, 0.6) is 11.6 Å². The maximum Gasteiger partial charge on any atom is 0.307 e. The lowest BCUT2D eigenvalue weighted by Crippen LogP contribution is -2.09. The van der Waals surface area contributed by atoms with Gasteiger partial charge in [0.25, 0.3) is 0 Å². The van der Waals surface area contributed by atoms with Crippen LogP contribution in [0.4, 0.5) is 0 Å². The standard InChI is InChI=1S/C21H22N2O3S/c24-20-19(27-21(25)23-20)13-14-5-9-17(10-6-14)26-12-11-16-8-7-15-3-1-2-4-18(15)22-16/h5-10,24H,1-4,11-13H2,(H,23,25). The maximum atomic E-state index is 11.2. The molecule has 2 heterocycles. The van der Waals surface area contributed by atoms with Crippen molar-refractivity contribution in [3.63, 3.8) is 0 Å². The number of aromatic hydroxyl groups is 1. The van der Waals surface area contributed by atoms with Gasteiger partial charge >= 0.3 is 4.87 Å². The van der Waals surface area contributed by atoms with E-state index in [0.29, 0.717) is 17.9 Å². The zero-order chi connectivity index (χ0) is 18.6. The molecule has 2 aromatic heterocycles. The number of rotatable bonds is 6. The largest absolute Gasteiger partial charge is 0.494 e. The Morgan fingerprint density at radius 1 is 1.11 bits per heavy atom. The molecule has 0 atom stereocenters. The van der Waals surface area contributed by atoms with Crippen LogP contribution in [0.2, 0.25) is 0 Å². The number of fused-ring (bicyclic) bond motifs is 1. The summed E-state index contributed by atoms with van der Waals surface area (Å²) in [5.41, 5.74) is 4.77. The van der Waals surface area contributed by atoms with Crippen molar-refractivity contribution < 1.29 is 9.84 Å². The van der Waals surface area contributed by atoms with Gasteiger partial charge in [0.15, 0.2) is 0 Å². The molecule has 0 spiro atoms. The highest BCUT2D eigenvalue weighted by Crippen LogP contribution is 2.22. The fourth-order valence-electron chi connectivity index (χ4n) is 3.40. The molecule has 0 saturated heterocycles. The van der Waals surface area contributed by atoms with Crippen LogP contribution in [0, 0.1) is 0 Å². The van der Waals surface area contributed by atoms with Crippen LogP contribution in [-0.2, 0) is 25.7 Å². The van der Waals surface area contributed by atoms with E-state index in [0.717, 1.165) is 47.6 Å². The highest BCUT2D eigenvalue weighted by atomic mass is 32.1. The van der Waals surface area contributed by atoms with Gasteiger partial charge in [-0.25, -0.2) is 0 Å². The zero-order valence-corrected chi connectivity index (χ0v) is 15.8. The normalized spacial score (nSPS) is 13.3. The maximum absolute atomic E-state index is 11.2. The second kappa shape index (κ2) is 7.96. The topological polar surface area (TPSA) is 75.2 Å². The van der Waals surface area contributed by atoms with E-state index in [1.807, 2.05) is 24.3 Å². The lowest BCUT2D eigenvalue weighted by molar-refractivity contribution is 0.320. The predicted molar refractivity (Wildman–Crippen MR) is 106 cm³/mol. The van der Waals surface area contributed by atoms with E-state index in [2.05, 4.69) is 17.1 Å². The van der Waals surface area contributed by atoms with Gasteiger partial charge in [0.05, 0.1) is 11.5 Å². The Labute approximate surface area is 161 Å². The summed E-state index contributed by atoms with van der Waals surface area (Å²) in [5, 5.41) is 9.67. The molecule has 1 aliphatic rings. The molecule has 0 radical (unpaired) electrons. The molecule has 6 heteroatoms. The molecule has 140 valence electrons. The van der Waals surface area contributed by atoms with Crippen LogP contribution in [-0.4, -0.2) is 21.7 Å². The van der Waals surface area contributed by atoms with E-state index in [1.165, 1.54) is 24.1 Å². The first-order valence-corrected chi connectivity index (χ1v) is 10.1. The van der Waals surface area contributed by atoms with Gasteiger partial charge in [-0.2, -0.15) is 0 Å². The fraction of sp³-hybridized carbons (Fsp3) is 0.333. The van der Waals surface area contributed by atoms with Crippen molar-refractivity contribution in [2.75, 3.05) is 6.61 Å². The van der Waals surface area contributed by atoms with E-state index in [4.69, 9.17) is 9.72 Å². The quantitative estimate of drug-likeness (QED) is 0.683. The Hall–Kier alpha value is -2.60. The third-order valence-electron chi connectivity index (χ3n) is 4.85. The molecule has 1 aliphatic carbocycles. The lowest BCUT2D eigenvalue weighted by atomic mass is 9.96. The second-order valence-electron chi connectivity index (χ2n) is 6.82. The van der Waals surface area contributed by atoms with Gasteiger partial charge in [0, 0.05) is 24.2 Å². The van der Waals surface area contributed by atoms with Crippen LogP contribution in [0.1, 0.15) is 40.2 Å². The molecular weight excluding hydrogens is 360 g/mol. The average Bonchev–Trinajstić information content (AvgIpc) is 3.00. The molecule has 0 amide bonds. The van der Waals surface area contributed by atoms with Crippen molar-refractivity contribution in [1.82, 2.24) is 9.97 Å². The number of H-pyrrole nitrogens is 1. The zero-order valence-electron chi connectivity index (χ0n) is 15.0. The molecule has 0 saturated carbocycles. The van der Waals surface area contributed by atoms with Crippen LogP contribution >= 0.6 is 11.3 Å². The summed E-state index contributed by atoms with van der Waals surface area (Å²) in [7, 11) is 0. The number of thiazole rings is 1. The van der Waals surface area contributed by atoms with Crippen molar-refractivity contribution in [3.8, 4) is 11.6 Å². The molecule has 0 unspecified atom stereocenters. The summed E-state index contributed by atoms with van der Waals surface area (Å²) in [6.45, 7) is 0.589. The number of aromatic amines is 1. The number of pyridine rings is 1. The Balaban J connectivity index is 1.31. The van der Waals surface area contributed by atoms with E-state index < -0.39 is 0 Å². The Morgan fingerprint density at radius 3 is 2.70 bits per heavy atom. The number of aromatic nitrogens is 2. The van der Waals surface area contributed by atoms with E-state index >= 15 is 0 Å². The molecule has 4 rings (SSSR count). The molecule has 5 nitrogen and oxygen atoms in total. The first kappa shape index (κ1) is 17.8. The minimum absolute atomic E-state index is 0.0390. The van der Waals surface area contributed by atoms with Gasteiger partial charge in [-0.15, -0.1) is 0 Å². The Morgan fingerprint density at radius 2 is 1.93 bits per heavy atom. The van der Waals surface area contributed by atoms with Gasteiger partial charge in [-0.05, 0) is 55.0 Å². The minimum atomic E-state index is -0.238. The average molecular weight is 382 g/mol. The number of ether oxygens (including phenoxy) is 1. The first-order valence-electron chi connectivity index (χ1n) is 9.28. The molecule has 3 aromatic rings. The van der Waals surface area contributed by atoms with Gasteiger partial charge in [0.2, 0.25) is 5.88 Å². The molecule has 0 fully saturated rings. The minimum Gasteiger partial charge on any atom is -0.494 e. The number of nitrogens with zero attached hydrogens (tertiary/aromatic N) is 1. The second-order valence-corrected chi connectivity index (χ2v) is 7.89. The van der Waals surface area contributed by atoms with Gasteiger partial charge < -0.3 is 9.84 Å². The summed E-state index contributed by atoms with van der Waals surface area (Å²) in [6, 6.07) is 12.1. The van der Waals surface area contributed by atoms with Crippen LogP contribution in [0.3, 0.4) is 0 Å². The number of nitrogens with one attached hydrogen (secondary N) is 1. The van der Waals surface area contributed by atoms with Crippen molar-refractivity contribution in [3.05, 3.63) is 73.5 Å². The summed E-state index contributed by atoms with van der Waals surface area (Å²) in [6.07, 6.45) is 6.08. The summed E-state index contributed by atoms with van der Waals surface area (Å²) < 4.78 is 5.84. The molecule has 0 bridgehead atoms. The monoisotopic (exact) mass is 382 g/mol. The van der Waals surface area contributed by atoms with Crippen molar-refractivity contribution >= 4 is 11.3 Å². The van der Waals surface area contributed by atoms with Crippen molar-refractivity contribution in [1.29, 1.82) is 0 Å². The summed E-state index contributed by atoms with van der Waals surface area (Å²) in [5.74, 6) is 0.770. The van der Waals surface area contributed by atoms with Crippen molar-refractivity contribution in [2.45, 2.75) is 38.5 Å².